The molecular weight excluding hydrogens is 348 g/mol. The van der Waals surface area contributed by atoms with E-state index in [0.717, 1.165) is 51.6 Å². The normalized spacial score (nSPS) is 22.8. The standard InChI is InChI=1S/C15H22N4O5S/c16-25(22,23)13-1-2-14(15(9-13)19(20)21)17-11-3-6-18(10-11)12-4-7-24-8-5-12/h1-2,9,11-12,17H,3-8,10H2,(H2,16,22,23). The van der Waals surface area contributed by atoms with Crippen LogP contribution < -0.4 is 10.5 Å². The van der Waals surface area contributed by atoms with Gasteiger partial charge in [0.15, 0.2) is 0 Å². The highest BCUT2D eigenvalue weighted by Gasteiger charge is 2.30. The van der Waals surface area contributed by atoms with Gasteiger partial charge in [0.2, 0.25) is 10.0 Å². The Morgan fingerprint density at radius 1 is 1.28 bits per heavy atom. The third-order valence-corrected chi connectivity index (χ3v) is 5.69. The molecule has 2 fully saturated rings. The quantitative estimate of drug-likeness (QED) is 0.582. The highest BCUT2D eigenvalue weighted by molar-refractivity contribution is 7.89. The van der Waals surface area contributed by atoms with Crippen molar-refractivity contribution in [3.05, 3.63) is 28.3 Å². The minimum absolute atomic E-state index is 0.0851. The maximum atomic E-state index is 11.4. The van der Waals surface area contributed by atoms with Crippen LogP contribution in [0.1, 0.15) is 19.3 Å². The number of nitro benzene ring substituents is 1. The molecule has 25 heavy (non-hydrogen) atoms. The first kappa shape index (κ1) is 18.1. The number of likely N-dealkylation sites (tertiary alicyclic amines) is 1. The van der Waals surface area contributed by atoms with Gasteiger partial charge in [-0.25, -0.2) is 13.6 Å². The van der Waals surface area contributed by atoms with Gasteiger partial charge >= 0.3 is 0 Å². The molecule has 3 rings (SSSR count). The van der Waals surface area contributed by atoms with Gasteiger partial charge in [-0.3, -0.25) is 15.0 Å². The van der Waals surface area contributed by atoms with Gasteiger partial charge in [-0.2, -0.15) is 0 Å². The average Bonchev–Trinajstić information content (AvgIpc) is 3.03. The Hall–Kier alpha value is -1.75. The first-order valence-corrected chi connectivity index (χ1v) is 9.79. The Labute approximate surface area is 146 Å². The van der Waals surface area contributed by atoms with Gasteiger partial charge in [0.05, 0.1) is 9.82 Å². The second kappa shape index (κ2) is 7.24. The summed E-state index contributed by atoms with van der Waals surface area (Å²) in [5.74, 6) is 0. The lowest BCUT2D eigenvalue weighted by molar-refractivity contribution is -0.384. The van der Waals surface area contributed by atoms with Crippen LogP contribution in [0.2, 0.25) is 0 Å². The molecule has 1 aromatic carbocycles. The largest absolute Gasteiger partial charge is 0.381 e. The van der Waals surface area contributed by atoms with Gasteiger partial charge in [0.25, 0.3) is 5.69 Å². The fourth-order valence-electron chi connectivity index (χ4n) is 3.47. The summed E-state index contributed by atoms with van der Waals surface area (Å²) >= 11 is 0. The van der Waals surface area contributed by atoms with Crippen molar-refractivity contribution < 1.29 is 18.1 Å². The summed E-state index contributed by atoms with van der Waals surface area (Å²) in [4.78, 5) is 12.8. The second-order valence-electron chi connectivity index (χ2n) is 6.45. The van der Waals surface area contributed by atoms with E-state index in [9.17, 15) is 18.5 Å². The molecule has 0 amide bonds. The van der Waals surface area contributed by atoms with Gasteiger partial charge in [-0.15, -0.1) is 0 Å². The van der Waals surface area contributed by atoms with E-state index in [1.54, 1.807) is 0 Å². The zero-order valence-corrected chi connectivity index (χ0v) is 14.6. The SMILES string of the molecule is NS(=O)(=O)c1ccc(NC2CCN(C3CCOCC3)C2)c([N+](=O)[O-])c1. The molecule has 1 atom stereocenters. The van der Waals surface area contributed by atoms with Gasteiger partial charge < -0.3 is 10.1 Å². The third kappa shape index (κ3) is 4.27. The lowest BCUT2D eigenvalue weighted by atomic mass is 10.1. The molecule has 0 aliphatic carbocycles. The Bertz CT molecular complexity index is 748. The van der Waals surface area contributed by atoms with Crippen LogP contribution in [0.5, 0.6) is 0 Å². The number of nitrogens with zero attached hydrogens (tertiary/aromatic N) is 2. The van der Waals surface area contributed by atoms with Crippen molar-refractivity contribution in [2.45, 2.75) is 36.2 Å². The number of hydrogen-bond acceptors (Lipinski definition) is 7. The van der Waals surface area contributed by atoms with E-state index in [1.807, 2.05) is 0 Å². The predicted molar refractivity (Wildman–Crippen MR) is 91.9 cm³/mol. The van der Waals surface area contributed by atoms with E-state index in [1.165, 1.54) is 12.1 Å². The fourth-order valence-corrected chi connectivity index (χ4v) is 4.00. The average molecular weight is 370 g/mol. The highest BCUT2D eigenvalue weighted by atomic mass is 32.2. The molecule has 2 aliphatic heterocycles. The highest BCUT2D eigenvalue weighted by Crippen LogP contribution is 2.30. The minimum Gasteiger partial charge on any atom is -0.381 e. The summed E-state index contributed by atoms with van der Waals surface area (Å²) in [6, 6.07) is 4.29. The van der Waals surface area contributed by atoms with Crippen LogP contribution in [0.3, 0.4) is 0 Å². The summed E-state index contributed by atoms with van der Waals surface area (Å²) in [7, 11) is -3.98. The van der Waals surface area contributed by atoms with Crippen molar-refractivity contribution in [3.63, 3.8) is 0 Å². The van der Waals surface area contributed by atoms with Crippen LogP contribution in [-0.4, -0.2) is 56.6 Å². The van der Waals surface area contributed by atoms with Crippen molar-refractivity contribution in [3.8, 4) is 0 Å². The number of benzene rings is 1. The lowest BCUT2D eigenvalue weighted by Gasteiger charge is -2.31. The smallest absolute Gasteiger partial charge is 0.293 e. The number of primary sulfonamides is 1. The zero-order chi connectivity index (χ0) is 18.0. The first-order chi connectivity index (χ1) is 11.8. The van der Waals surface area contributed by atoms with E-state index in [-0.39, 0.29) is 16.6 Å². The molecule has 2 saturated heterocycles. The van der Waals surface area contributed by atoms with Gasteiger partial charge in [-0.1, -0.05) is 0 Å². The fraction of sp³-hybridized carbons (Fsp3) is 0.600. The second-order valence-corrected chi connectivity index (χ2v) is 8.01. The van der Waals surface area contributed by atoms with Crippen LogP contribution in [0, 0.1) is 10.1 Å². The maximum absolute atomic E-state index is 11.4. The Morgan fingerprint density at radius 2 is 2.00 bits per heavy atom. The Kier molecular flexibility index (Phi) is 5.23. The Morgan fingerprint density at radius 3 is 2.64 bits per heavy atom. The van der Waals surface area contributed by atoms with Crippen LogP contribution >= 0.6 is 0 Å². The summed E-state index contributed by atoms with van der Waals surface area (Å²) in [5.41, 5.74) is 0.0345. The molecule has 2 aliphatic rings. The van der Waals surface area contributed by atoms with E-state index >= 15 is 0 Å². The molecule has 0 bridgehead atoms. The summed E-state index contributed by atoms with van der Waals surface area (Å²) in [6.45, 7) is 3.30. The third-order valence-electron chi connectivity index (χ3n) is 4.78. The van der Waals surface area contributed by atoms with Crippen LogP contribution in [0.15, 0.2) is 23.1 Å². The number of hydrogen-bond donors (Lipinski definition) is 2. The molecule has 9 nitrogen and oxygen atoms in total. The van der Waals surface area contributed by atoms with Crippen molar-refractivity contribution >= 4 is 21.4 Å². The van der Waals surface area contributed by atoms with Crippen molar-refractivity contribution in [2.24, 2.45) is 5.14 Å². The van der Waals surface area contributed by atoms with E-state index in [2.05, 4.69) is 10.2 Å². The van der Waals surface area contributed by atoms with E-state index < -0.39 is 14.9 Å². The summed E-state index contributed by atoms with van der Waals surface area (Å²) < 4.78 is 28.2. The first-order valence-electron chi connectivity index (χ1n) is 8.24. The molecule has 0 saturated carbocycles. The topological polar surface area (TPSA) is 128 Å². The van der Waals surface area contributed by atoms with Crippen LogP contribution in [-0.2, 0) is 14.8 Å². The number of rotatable bonds is 5. The zero-order valence-electron chi connectivity index (χ0n) is 13.8. The Balaban J connectivity index is 1.71. The van der Waals surface area contributed by atoms with Crippen molar-refractivity contribution in [1.82, 2.24) is 4.90 Å². The number of nitro groups is 1. The minimum atomic E-state index is -3.98. The number of sulfonamides is 1. The molecule has 0 radical (unpaired) electrons. The molecule has 1 unspecified atom stereocenters. The van der Waals surface area contributed by atoms with Crippen LogP contribution in [0.25, 0.3) is 0 Å². The van der Waals surface area contributed by atoms with E-state index in [4.69, 9.17) is 9.88 Å². The summed E-state index contributed by atoms with van der Waals surface area (Å²) in [5, 5.41) is 19.5. The maximum Gasteiger partial charge on any atom is 0.293 e. The number of nitrogens with two attached hydrogens (primary N) is 1. The monoisotopic (exact) mass is 370 g/mol. The molecular formula is C15H22N4O5S. The molecule has 10 heteroatoms. The summed E-state index contributed by atoms with van der Waals surface area (Å²) in [6.07, 6.45) is 2.90. The van der Waals surface area contributed by atoms with Crippen molar-refractivity contribution in [2.75, 3.05) is 31.6 Å². The molecule has 0 aromatic heterocycles. The van der Waals surface area contributed by atoms with Gasteiger partial charge in [0, 0.05) is 44.5 Å². The molecule has 138 valence electrons. The van der Waals surface area contributed by atoms with Gasteiger partial charge in [-0.05, 0) is 31.4 Å². The molecule has 2 heterocycles. The molecule has 0 spiro atoms. The molecule has 3 N–H and O–H groups in total. The van der Waals surface area contributed by atoms with Gasteiger partial charge in [0.1, 0.15) is 5.69 Å². The number of anilines is 1. The van der Waals surface area contributed by atoms with Crippen LogP contribution in [0.4, 0.5) is 11.4 Å². The number of nitrogens with one attached hydrogen (secondary N) is 1. The predicted octanol–water partition coefficient (Wildman–Crippen LogP) is 0.907. The van der Waals surface area contributed by atoms with Crippen molar-refractivity contribution in [1.29, 1.82) is 0 Å². The molecule has 1 aromatic rings. The number of ether oxygens (including phenoxy) is 1. The lowest BCUT2D eigenvalue weighted by Crippen LogP contribution is -2.39. The van der Waals surface area contributed by atoms with E-state index in [0.29, 0.717) is 11.7 Å².